The summed E-state index contributed by atoms with van der Waals surface area (Å²) in [5.41, 5.74) is 2.34. The Labute approximate surface area is 136 Å². The third kappa shape index (κ3) is 3.13. The number of nitrogens with two attached hydrogens (primary N) is 1. The Morgan fingerprint density at radius 2 is 1.96 bits per heavy atom. The molecular formula is C16H23N3O3S. The van der Waals surface area contributed by atoms with Crippen LogP contribution in [0.2, 0.25) is 0 Å². The molecule has 1 aliphatic heterocycles. The zero-order valence-electron chi connectivity index (χ0n) is 13.5. The first kappa shape index (κ1) is 16.4. The second-order valence-electron chi connectivity index (χ2n) is 6.82. The van der Waals surface area contributed by atoms with Gasteiger partial charge in [0.1, 0.15) is 0 Å². The fourth-order valence-corrected chi connectivity index (χ4v) is 4.16. The normalized spacial score (nSPS) is 22.8. The molecule has 1 saturated heterocycles. The van der Waals surface area contributed by atoms with Gasteiger partial charge in [0.15, 0.2) is 0 Å². The summed E-state index contributed by atoms with van der Waals surface area (Å²) >= 11 is 0. The summed E-state index contributed by atoms with van der Waals surface area (Å²) in [5.74, 6) is 0.0171. The van der Waals surface area contributed by atoms with Gasteiger partial charge in [-0.25, -0.2) is 13.6 Å². The smallest absolute Gasteiger partial charge is 0.238 e. The number of benzene rings is 1. The Hall–Kier alpha value is -1.44. The highest BCUT2D eigenvalue weighted by Crippen LogP contribution is 2.58. The molecule has 1 aromatic carbocycles. The van der Waals surface area contributed by atoms with Crippen molar-refractivity contribution in [3.05, 3.63) is 23.3 Å². The SMILES string of the molecule is Cc1cc(S(N)(=O)=O)cc(NC(=O)C2CC23CCNCC3)c1C. The molecule has 0 radical (unpaired) electrons. The zero-order valence-corrected chi connectivity index (χ0v) is 14.3. The van der Waals surface area contributed by atoms with E-state index in [2.05, 4.69) is 10.6 Å². The van der Waals surface area contributed by atoms with Gasteiger partial charge in [0.25, 0.3) is 0 Å². The Morgan fingerprint density at radius 3 is 2.57 bits per heavy atom. The lowest BCUT2D eigenvalue weighted by Gasteiger charge is -2.23. The monoisotopic (exact) mass is 337 g/mol. The molecule has 2 fully saturated rings. The van der Waals surface area contributed by atoms with Gasteiger partial charge in [-0.05, 0) is 74.9 Å². The molecule has 2 aliphatic rings. The predicted molar refractivity (Wildman–Crippen MR) is 88.6 cm³/mol. The van der Waals surface area contributed by atoms with Gasteiger partial charge in [-0.15, -0.1) is 0 Å². The highest BCUT2D eigenvalue weighted by atomic mass is 32.2. The Balaban J connectivity index is 1.80. The summed E-state index contributed by atoms with van der Waals surface area (Å²) < 4.78 is 23.2. The van der Waals surface area contributed by atoms with Crippen LogP contribution in [-0.2, 0) is 14.8 Å². The summed E-state index contributed by atoms with van der Waals surface area (Å²) in [7, 11) is -3.79. The van der Waals surface area contributed by atoms with E-state index in [1.165, 1.54) is 12.1 Å². The van der Waals surface area contributed by atoms with Gasteiger partial charge in [-0.2, -0.15) is 0 Å². The van der Waals surface area contributed by atoms with Crippen LogP contribution in [0.15, 0.2) is 17.0 Å². The number of piperidine rings is 1. The van der Waals surface area contributed by atoms with E-state index in [4.69, 9.17) is 5.14 Å². The number of hydrogen-bond donors (Lipinski definition) is 3. The van der Waals surface area contributed by atoms with Crippen molar-refractivity contribution in [3.63, 3.8) is 0 Å². The molecule has 1 atom stereocenters. The van der Waals surface area contributed by atoms with Gasteiger partial charge in [-0.3, -0.25) is 4.79 Å². The van der Waals surface area contributed by atoms with Gasteiger partial charge in [-0.1, -0.05) is 0 Å². The lowest BCUT2D eigenvalue weighted by Crippen LogP contribution is -2.31. The average molecular weight is 337 g/mol. The standard InChI is InChI=1S/C16H23N3O3S/c1-10-7-12(23(17,21)22)8-14(11(10)2)19-15(20)13-9-16(13)3-5-18-6-4-16/h7-8,13,18H,3-6,9H2,1-2H3,(H,19,20)(H2,17,21,22). The third-order valence-corrected chi connectivity index (χ3v) is 6.23. The van der Waals surface area contributed by atoms with Crippen molar-refractivity contribution in [1.29, 1.82) is 0 Å². The second-order valence-corrected chi connectivity index (χ2v) is 8.38. The minimum absolute atomic E-state index is 0.0130. The fraction of sp³-hybridized carbons (Fsp3) is 0.562. The first-order valence-electron chi connectivity index (χ1n) is 7.89. The molecule has 1 aliphatic carbocycles. The molecule has 6 nitrogen and oxygen atoms in total. The molecule has 1 amide bonds. The molecule has 1 aromatic rings. The average Bonchev–Trinajstić information content (AvgIpc) is 3.16. The molecule has 23 heavy (non-hydrogen) atoms. The van der Waals surface area contributed by atoms with Crippen molar-refractivity contribution >= 4 is 21.6 Å². The fourth-order valence-electron chi connectivity index (χ4n) is 3.54. The number of nitrogens with one attached hydrogen (secondary N) is 2. The molecular weight excluding hydrogens is 314 g/mol. The van der Waals surface area contributed by atoms with Crippen molar-refractivity contribution in [2.75, 3.05) is 18.4 Å². The van der Waals surface area contributed by atoms with Crippen LogP contribution >= 0.6 is 0 Å². The van der Waals surface area contributed by atoms with Gasteiger partial charge in [0.2, 0.25) is 15.9 Å². The molecule has 7 heteroatoms. The molecule has 0 aromatic heterocycles. The van der Waals surface area contributed by atoms with Crippen molar-refractivity contribution in [1.82, 2.24) is 5.32 Å². The Bertz CT molecular complexity index is 752. The number of carbonyl (C=O) groups is 1. The summed E-state index contributed by atoms with van der Waals surface area (Å²) in [6, 6.07) is 2.98. The van der Waals surface area contributed by atoms with Crippen LogP contribution in [0.4, 0.5) is 5.69 Å². The Morgan fingerprint density at radius 1 is 1.30 bits per heavy atom. The van der Waals surface area contributed by atoms with E-state index in [1.54, 1.807) is 0 Å². The second kappa shape index (κ2) is 5.58. The number of aryl methyl sites for hydroxylation is 1. The highest BCUT2D eigenvalue weighted by Gasteiger charge is 2.57. The van der Waals surface area contributed by atoms with E-state index in [0.29, 0.717) is 5.69 Å². The Kier molecular flexibility index (Phi) is 3.98. The van der Waals surface area contributed by atoms with E-state index in [0.717, 1.165) is 43.5 Å². The molecule has 1 saturated carbocycles. The first-order chi connectivity index (χ1) is 10.7. The summed E-state index contributed by atoms with van der Waals surface area (Å²) in [4.78, 5) is 12.6. The molecule has 3 rings (SSSR count). The predicted octanol–water partition coefficient (Wildman–Crippen LogP) is 1.28. The number of rotatable bonds is 3. The number of hydrogen-bond acceptors (Lipinski definition) is 4. The van der Waals surface area contributed by atoms with Crippen molar-refractivity contribution in [2.45, 2.75) is 38.0 Å². The maximum absolute atomic E-state index is 12.6. The van der Waals surface area contributed by atoms with Crippen LogP contribution in [0.25, 0.3) is 0 Å². The molecule has 1 heterocycles. The zero-order chi connectivity index (χ0) is 16.8. The minimum Gasteiger partial charge on any atom is -0.326 e. The third-order valence-electron chi connectivity index (χ3n) is 5.33. The van der Waals surface area contributed by atoms with Crippen LogP contribution in [0.3, 0.4) is 0 Å². The number of sulfonamides is 1. The molecule has 126 valence electrons. The summed E-state index contributed by atoms with van der Waals surface area (Å²) in [6.07, 6.45) is 2.98. The van der Waals surface area contributed by atoms with Crippen LogP contribution in [0, 0.1) is 25.2 Å². The first-order valence-corrected chi connectivity index (χ1v) is 9.43. The van der Waals surface area contributed by atoms with Crippen LogP contribution in [-0.4, -0.2) is 27.4 Å². The van der Waals surface area contributed by atoms with E-state index in [9.17, 15) is 13.2 Å². The number of anilines is 1. The number of primary sulfonamides is 1. The van der Waals surface area contributed by atoms with Crippen molar-refractivity contribution < 1.29 is 13.2 Å². The number of amides is 1. The summed E-state index contributed by atoms with van der Waals surface area (Å²) in [5, 5.41) is 11.4. The molecule has 0 bridgehead atoms. The van der Waals surface area contributed by atoms with Gasteiger partial charge >= 0.3 is 0 Å². The lowest BCUT2D eigenvalue weighted by atomic mass is 9.91. The minimum atomic E-state index is -3.79. The maximum Gasteiger partial charge on any atom is 0.238 e. The largest absolute Gasteiger partial charge is 0.326 e. The van der Waals surface area contributed by atoms with E-state index in [1.807, 2.05) is 13.8 Å². The van der Waals surface area contributed by atoms with Crippen LogP contribution in [0.1, 0.15) is 30.4 Å². The van der Waals surface area contributed by atoms with E-state index >= 15 is 0 Å². The number of carbonyl (C=O) groups excluding carboxylic acids is 1. The van der Waals surface area contributed by atoms with Crippen molar-refractivity contribution in [3.8, 4) is 0 Å². The van der Waals surface area contributed by atoms with Gasteiger partial charge < -0.3 is 10.6 Å². The van der Waals surface area contributed by atoms with Crippen LogP contribution in [0.5, 0.6) is 0 Å². The van der Waals surface area contributed by atoms with Crippen molar-refractivity contribution in [2.24, 2.45) is 16.5 Å². The van der Waals surface area contributed by atoms with E-state index < -0.39 is 10.0 Å². The molecule has 1 spiro atoms. The maximum atomic E-state index is 12.6. The topological polar surface area (TPSA) is 101 Å². The lowest BCUT2D eigenvalue weighted by molar-refractivity contribution is -0.118. The molecule has 1 unspecified atom stereocenters. The van der Waals surface area contributed by atoms with E-state index in [-0.39, 0.29) is 22.1 Å². The quantitative estimate of drug-likeness (QED) is 0.773. The summed E-state index contributed by atoms with van der Waals surface area (Å²) in [6.45, 7) is 5.60. The highest BCUT2D eigenvalue weighted by molar-refractivity contribution is 7.89. The molecule has 4 N–H and O–H groups in total. The van der Waals surface area contributed by atoms with Gasteiger partial charge in [0.05, 0.1) is 4.90 Å². The van der Waals surface area contributed by atoms with Crippen LogP contribution < -0.4 is 15.8 Å². The van der Waals surface area contributed by atoms with Gasteiger partial charge in [0, 0.05) is 11.6 Å².